The Labute approximate surface area is 167 Å². The van der Waals surface area contributed by atoms with Gasteiger partial charge in [-0.25, -0.2) is 9.24 Å². The van der Waals surface area contributed by atoms with Crippen molar-refractivity contribution in [2.45, 2.75) is 25.4 Å². The Hall–Kier alpha value is -3.29. The number of carbonyl (C=O) groups excluding carboxylic acids is 1. The standard InChI is InChI=1S/C21H15FN2O3S/c1-12-8-13(5-7-17(12)24-3)18-19(25)21(2,27-20(18)28)11-26-15-6-4-14(10-23)16(22)9-15/h4-9,18H,11H2,1-2H3. The van der Waals surface area contributed by atoms with Crippen LogP contribution in [0.2, 0.25) is 0 Å². The van der Waals surface area contributed by atoms with E-state index in [2.05, 4.69) is 4.85 Å². The van der Waals surface area contributed by atoms with Gasteiger partial charge in [0, 0.05) is 6.07 Å². The lowest BCUT2D eigenvalue weighted by Gasteiger charge is -2.22. The van der Waals surface area contributed by atoms with Gasteiger partial charge in [0.1, 0.15) is 30.2 Å². The molecule has 0 aliphatic carbocycles. The van der Waals surface area contributed by atoms with E-state index in [1.54, 1.807) is 38.1 Å². The molecule has 1 aliphatic rings. The maximum Gasteiger partial charge on any atom is 0.199 e. The van der Waals surface area contributed by atoms with Gasteiger partial charge in [-0.05, 0) is 49.3 Å². The third kappa shape index (κ3) is 3.45. The van der Waals surface area contributed by atoms with E-state index in [4.69, 9.17) is 33.5 Å². The highest BCUT2D eigenvalue weighted by molar-refractivity contribution is 7.80. The van der Waals surface area contributed by atoms with E-state index < -0.39 is 17.3 Å². The number of thiocarbonyl (C=S) groups is 1. The molecule has 0 saturated carbocycles. The zero-order valence-electron chi connectivity index (χ0n) is 15.2. The number of benzene rings is 2. The molecule has 2 aromatic rings. The number of rotatable bonds is 4. The Balaban J connectivity index is 1.80. The van der Waals surface area contributed by atoms with Crippen LogP contribution >= 0.6 is 12.2 Å². The fourth-order valence-electron chi connectivity index (χ4n) is 3.01. The summed E-state index contributed by atoms with van der Waals surface area (Å²) in [6.45, 7) is 10.3. The monoisotopic (exact) mass is 394 g/mol. The Kier molecular flexibility index (Phi) is 5.13. The molecule has 28 heavy (non-hydrogen) atoms. The van der Waals surface area contributed by atoms with Crippen LogP contribution in [0.1, 0.15) is 29.5 Å². The second-order valence-corrected chi connectivity index (χ2v) is 7.05. The van der Waals surface area contributed by atoms with Gasteiger partial charge in [-0.1, -0.05) is 18.2 Å². The topological polar surface area (TPSA) is 63.7 Å². The number of hydrogen-bond acceptors (Lipinski definition) is 5. The van der Waals surface area contributed by atoms with Crippen LogP contribution in [0.5, 0.6) is 5.75 Å². The normalized spacial score (nSPS) is 21.0. The van der Waals surface area contributed by atoms with Crippen LogP contribution in [0.4, 0.5) is 10.1 Å². The lowest BCUT2D eigenvalue weighted by atomic mass is 9.88. The van der Waals surface area contributed by atoms with E-state index in [1.807, 2.05) is 0 Å². The predicted molar refractivity (Wildman–Crippen MR) is 104 cm³/mol. The lowest BCUT2D eigenvalue weighted by molar-refractivity contribution is -0.131. The van der Waals surface area contributed by atoms with Crippen molar-refractivity contribution in [1.82, 2.24) is 0 Å². The summed E-state index contributed by atoms with van der Waals surface area (Å²) in [6.07, 6.45) is 0. The first-order valence-electron chi connectivity index (χ1n) is 8.36. The average molecular weight is 394 g/mol. The fraction of sp³-hybridized carbons (Fsp3) is 0.238. The van der Waals surface area contributed by atoms with Crippen LogP contribution in [-0.4, -0.2) is 23.0 Å². The molecule has 7 heteroatoms. The summed E-state index contributed by atoms with van der Waals surface area (Å²) < 4.78 is 24.9. The molecule has 2 aromatic carbocycles. The van der Waals surface area contributed by atoms with Gasteiger partial charge in [0.2, 0.25) is 0 Å². The van der Waals surface area contributed by atoms with Crippen LogP contribution in [0, 0.1) is 30.6 Å². The van der Waals surface area contributed by atoms with Crippen LogP contribution in [0.25, 0.3) is 4.85 Å². The summed E-state index contributed by atoms with van der Waals surface area (Å²) in [4.78, 5) is 16.4. The van der Waals surface area contributed by atoms with Crippen LogP contribution in [0.15, 0.2) is 36.4 Å². The summed E-state index contributed by atoms with van der Waals surface area (Å²) in [5, 5.41) is 8.92. The van der Waals surface area contributed by atoms with E-state index in [-0.39, 0.29) is 28.8 Å². The number of nitrogens with zero attached hydrogens (tertiary/aromatic N) is 2. The summed E-state index contributed by atoms with van der Waals surface area (Å²) in [5.41, 5.74) is 0.508. The first kappa shape index (κ1) is 19.5. The predicted octanol–water partition coefficient (Wildman–Crippen LogP) is 4.40. The fourth-order valence-corrected chi connectivity index (χ4v) is 3.44. The van der Waals surface area contributed by atoms with Gasteiger partial charge in [-0.15, -0.1) is 0 Å². The van der Waals surface area contributed by atoms with E-state index in [0.717, 1.165) is 11.6 Å². The van der Waals surface area contributed by atoms with E-state index >= 15 is 0 Å². The summed E-state index contributed by atoms with van der Waals surface area (Å²) in [7, 11) is 0. The van der Waals surface area contributed by atoms with Crippen molar-refractivity contribution < 1.29 is 18.7 Å². The average Bonchev–Trinajstić information content (AvgIpc) is 2.89. The van der Waals surface area contributed by atoms with Gasteiger partial charge < -0.3 is 9.47 Å². The highest BCUT2D eigenvalue weighted by Gasteiger charge is 2.51. The first-order chi connectivity index (χ1) is 13.3. The number of hydrogen-bond donors (Lipinski definition) is 0. The molecule has 0 aromatic heterocycles. The molecule has 0 N–H and O–H groups in total. The van der Waals surface area contributed by atoms with Gasteiger partial charge in [-0.2, -0.15) is 5.26 Å². The van der Waals surface area contributed by atoms with Crippen molar-refractivity contribution in [2.75, 3.05) is 6.61 Å². The summed E-state index contributed by atoms with van der Waals surface area (Å²) in [5.74, 6) is -1.52. The Bertz CT molecular complexity index is 1070. The van der Waals surface area contributed by atoms with Crippen molar-refractivity contribution in [2.24, 2.45) is 0 Å². The third-order valence-corrected chi connectivity index (χ3v) is 4.91. The Morgan fingerprint density at radius 1 is 1.39 bits per heavy atom. The number of nitriles is 1. The molecular weight excluding hydrogens is 379 g/mol. The molecule has 5 nitrogen and oxygen atoms in total. The molecular formula is C21H15FN2O3S. The van der Waals surface area contributed by atoms with E-state index in [1.165, 1.54) is 12.1 Å². The van der Waals surface area contributed by atoms with Gasteiger partial charge in [-0.3, -0.25) is 4.79 Å². The maximum atomic E-state index is 13.7. The molecule has 1 heterocycles. The maximum absolute atomic E-state index is 13.7. The van der Waals surface area contributed by atoms with Crippen molar-refractivity contribution in [1.29, 1.82) is 5.26 Å². The zero-order chi connectivity index (χ0) is 20.5. The summed E-state index contributed by atoms with van der Waals surface area (Å²) in [6, 6.07) is 10.7. The highest BCUT2D eigenvalue weighted by atomic mass is 32.1. The molecule has 0 bridgehead atoms. The van der Waals surface area contributed by atoms with E-state index in [0.29, 0.717) is 11.3 Å². The largest absolute Gasteiger partial charge is 0.489 e. The van der Waals surface area contributed by atoms with Crippen molar-refractivity contribution in [3.63, 3.8) is 0 Å². The Morgan fingerprint density at radius 2 is 2.14 bits per heavy atom. The number of Topliss-reactive ketones (excluding diaryl/α,β-unsaturated/α-hetero) is 1. The lowest BCUT2D eigenvalue weighted by Crippen LogP contribution is -2.40. The smallest absolute Gasteiger partial charge is 0.199 e. The molecule has 1 saturated heterocycles. The summed E-state index contributed by atoms with van der Waals surface area (Å²) >= 11 is 5.28. The number of halogens is 1. The van der Waals surface area contributed by atoms with Gasteiger partial charge in [0.05, 0.1) is 12.1 Å². The molecule has 140 valence electrons. The van der Waals surface area contributed by atoms with Crippen molar-refractivity contribution in [3.05, 3.63) is 70.3 Å². The Morgan fingerprint density at radius 3 is 2.75 bits per heavy atom. The number of ether oxygens (including phenoxy) is 2. The zero-order valence-corrected chi connectivity index (χ0v) is 16.0. The van der Waals surface area contributed by atoms with E-state index in [9.17, 15) is 9.18 Å². The number of ketones is 1. The third-order valence-electron chi connectivity index (χ3n) is 4.59. The second kappa shape index (κ2) is 7.38. The highest BCUT2D eigenvalue weighted by Crippen LogP contribution is 2.37. The number of aryl methyl sites for hydroxylation is 1. The van der Waals surface area contributed by atoms with Crippen molar-refractivity contribution in [3.8, 4) is 11.8 Å². The molecule has 3 rings (SSSR count). The molecule has 2 unspecified atom stereocenters. The molecule has 0 spiro atoms. The minimum absolute atomic E-state index is 0.0915. The second-order valence-electron chi connectivity index (χ2n) is 6.65. The molecule has 1 aliphatic heterocycles. The molecule has 2 atom stereocenters. The van der Waals surface area contributed by atoms with Crippen LogP contribution in [0.3, 0.4) is 0 Å². The minimum atomic E-state index is -1.32. The first-order valence-corrected chi connectivity index (χ1v) is 8.77. The van der Waals surface area contributed by atoms with Gasteiger partial charge in [0.25, 0.3) is 0 Å². The van der Waals surface area contributed by atoms with Crippen molar-refractivity contribution >= 4 is 28.7 Å². The molecule has 1 fully saturated rings. The SMILES string of the molecule is [C-]#[N+]c1ccc(C2C(=O)C(C)(COc3ccc(C#N)c(F)c3)OC2=S)cc1C. The minimum Gasteiger partial charge on any atom is -0.489 e. The van der Waals surface area contributed by atoms with Crippen LogP contribution in [-0.2, 0) is 9.53 Å². The number of carbonyl (C=O) groups is 1. The molecule has 0 radical (unpaired) electrons. The van der Waals surface area contributed by atoms with Gasteiger partial charge >= 0.3 is 0 Å². The van der Waals surface area contributed by atoms with Gasteiger partial charge in [0.15, 0.2) is 22.1 Å². The van der Waals surface area contributed by atoms with Crippen LogP contribution < -0.4 is 4.74 Å². The molecule has 0 amide bonds. The quantitative estimate of drug-likeness (QED) is 0.568.